The number of nitrogen functional groups attached to an aromatic ring is 1. The van der Waals surface area contributed by atoms with E-state index in [0.29, 0.717) is 29.2 Å². The molecule has 0 aliphatic heterocycles. The van der Waals surface area contributed by atoms with Crippen LogP contribution in [0, 0.1) is 0 Å². The number of fused-ring (bicyclic) bond motifs is 1. The van der Waals surface area contributed by atoms with Gasteiger partial charge in [-0.15, -0.1) is 0 Å². The molecule has 0 saturated carbocycles. The maximum atomic E-state index is 12.8. The van der Waals surface area contributed by atoms with E-state index in [0.717, 1.165) is 22.0 Å². The van der Waals surface area contributed by atoms with Gasteiger partial charge >= 0.3 is 5.97 Å². The zero-order chi connectivity index (χ0) is 21.1. The molecule has 6 nitrogen and oxygen atoms in total. The molecule has 30 heavy (non-hydrogen) atoms. The fourth-order valence-corrected chi connectivity index (χ4v) is 3.36. The van der Waals surface area contributed by atoms with Gasteiger partial charge in [0.2, 0.25) is 0 Å². The minimum atomic E-state index is -0.335. The predicted molar refractivity (Wildman–Crippen MR) is 118 cm³/mol. The SMILES string of the molecule is CCOC(=O)c1ccc(-c2ccc(NC(=O)c3c(N)[nH]c4ccccc34)cc2)cc1. The number of hydrogen-bond acceptors (Lipinski definition) is 4. The van der Waals surface area contributed by atoms with Crippen LogP contribution in [-0.2, 0) is 4.74 Å². The van der Waals surface area contributed by atoms with E-state index in [9.17, 15) is 9.59 Å². The van der Waals surface area contributed by atoms with Crippen LogP contribution in [0.25, 0.3) is 22.0 Å². The summed E-state index contributed by atoms with van der Waals surface area (Å²) >= 11 is 0. The maximum absolute atomic E-state index is 12.8. The first-order valence-electron chi connectivity index (χ1n) is 9.62. The summed E-state index contributed by atoms with van der Waals surface area (Å²) in [6.07, 6.45) is 0. The molecule has 1 amide bonds. The van der Waals surface area contributed by atoms with Gasteiger partial charge in [-0.2, -0.15) is 0 Å². The second-order valence-corrected chi connectivity index (χ2v) is 6.79. The second-order valence-electron chi connectivity index (χ2n) is 6.79. The van der Waals surface area contributed by atoms with Crippen molar-refractivity contribution in [3.8, 4) is 11.1 Å². The van der Waals surface area contributed by atoms with Crippen molar-refractivity contribution in [2.45, 2.75) is 6.92 Å². The third kappa shape index (κ3) is 3.75. The van der Waals surface area contributed by atoms with Gasteiger partial charge in [0.25, 0.3) is 5.91 Å². The third-order valence-electron chi connectivity index (χ3n) is 4.83. The van der Waals surface area contributed by atoms with E-state index in [-0.39, 0.29) is 11.9 Å². The van der Waals surface area contributed by atoms with Gasteiger partial charge in [0.15, 0.2) is 0 Å². The van der Waals surface area contributed by atoms with E-state index in [4.69, 9.17) is 10.5 Å². The number of esters is 1. The number of aromatic amines is 1. The van der Waals surface area contributed by atoms with E-state index < -0.39 is 0 Å². The fraction of sp³-hybridized carbons (Fsp3) is 0.0833. The normalized spacial score (nSPS) is 10.7. The van der Waals surface area contributed by atoms with E-state index in [2.05, 4.69) is 10.3 Å². The molecule has 6 heteroatoms. The number of carbonyl (C=O) groups is 2. The topological polar surface area (TPSA) is 97.2 Å². The number of rotatable bonds is 5. The highest BCUT2D eigenvalue weighted by Gasteiger charge is 2.16. The Balaban J connectivity index is 1.50. The van der Waals surface area contributed by atoms with Gasteiger partial charge in [-0.25, -0.2) is 4.79 Å². The van der Waals surface area contributed by atoms with Crippen molar-refractivity contribution in [3.05, 3.63) is 83.9 Å². The first-order chi connectivity index (χ1) is 14.6. The monoisotopic (exact) mass is 399 g/mol. The molecule has 3 aromatic carbocycles. The van der Waals surface area contributed by atoms with Crippen LogP contribution < -0.4 is 11.1 Å². The van der Waals surface area contributed by atoms with Crippen LogP contribution in [0.1, 0.15) is 27.6 Å². The molecule has 0 aliphatic carbocycles. The zero-order valence-corrected chi connectivity index (χ0v) is 16.4. The number of anilines is 2. The van der Waals surface area contributed by atoms with Crippen molar-refractivity contribution in [3.63, 3.8) is 0 Å². The molecule has 4 N–H and O–H groups in total. The molecule has 1 aromatic heterocycles. The molecule has 0 radical (unpaired) electrons. The molecular weight excluding hydrogens is 378 g/mol. The molecule has 0 saturated heterocycles. The summed E-state index contributed by atoms with van der Waals surface area (Å²) < 4.78 is 5.00. The summed E-state index contributed by atoms with van der Waals surface area (Å²) in [5, 5.41) is 3.68. The number of para-hydroxylation sites is 1. The minimum absolute atomic E-state index is 0.267. The van der Waals surface area contributed by atoms with Crippen molar-refractivity contribution in [1.29, 1.82) is 0 Å². The molecule has 0 spiro atoms. The Bertz CT molecular complexity index is 1210. The molecule has 4 rings (SSSR count). The van der Waals surface area contributed by atoms with Crippen LogP contribution in [-0.4, -0.2) is 23.5 Å². The molecule has 150 valence electrons. The molecule has 0 aliphatic rings. The summed E-state index contributed by atoms with van der Waals surface area (Å²) in [5.74, 6) is -0.262. The summed E-state index contributed by atoms with van der Waals surface area (Å²) in [6, 6.07) is 22.2. The average molecular weight is 399 g/mol. The number of nitrogens with two attached hydrogens (primary N) is 1. The van der Waals surface area contributed by atoms with Crippen LogP contribution in [0.3, 0.4) is 0 Å². The summed E-state index contributed by atoms with van der Waals surface area (Å²) in [5.41, 5.74) is 10.4. The molecule has 0 atom stereocenters. The Hall–Kier alpha value is -4.06. The second kappa shape index (κ2) is 8.13. The largest absolute Gasteiger partial charge is 0.462 e. The zero-order valence-electron chi connectivity index (χ0n) is 16.4. The quantitative estimate of drug-likeness (QED) is 0.418. The van der Waals surface area contributed by atoms with Gasteiger partial charge in [0, 0.05) is 16.6 Å². The lowest BCUT2D eigenvalue weighted by atomic mass is 10.0. The molecule has 0 fully saturated rings. The van der Waals surface area contributed by atoms with Gasteiger partial charge in [-0.3, -0.25) is 4.79 Å². The Morgan fingerprint density at radius 2 is 1.57 bits per heavy atom. The Labute approximate surface area is 173 Å². The fourth-order valence-electron chi connectivity index (χ4n) is 3.36. The number of H-pyrrole nitrogens is 1. The first kappa shape index (κ1) is 19.3. The average Bonchev–Trinajstić information content (AvgIpc) is 3.10. The standard InChI is InChI=1S/C24H21N3O3/c1-2-30-24(29)17-9-7-15(8-10-17)16-11-13-18(14-12-16)26-23(28)21-19-5-3-4-6-20(19)27-22(21)25/h3-14,27H,2,25H2,1H3,(H,26,28). The Kier molecular flexibility index (Phi) is 5.22. The summed E-state index contributed by atoms with van der Waals surface area (Å²) in [7, 11) is 0. The van der Waals surface area contributed by atoms with Crippen molar-refractivity contribution >= 4 is 34.3 Å². The number of aromatic nitrogens is 1. The number of hydrogen-bond donors (Lipinski definition) is 3. The van der Waals surface area contributed by atoms with Gasteiger partial charge in [0.05, 0.1) is 17.7 Å². The van der Waals surface area contributed by atoms with E-state index >= 15 is 0 Å². The van der Waals surface area contributed by atoms with Crippen LogP contribution in [0.15, 0.2) is 72.8 Å². The minimum Gasteiger partial charge on any atom is -0.462 e. The van der Waals surface area contributed by atoms with Gasteiger partial charge in [0.1, 0.15) is 5.82 Å². The highest BCUT2D eigenvalue weighted by atomic mass is 16.5. The van der Waals surface area contributed by atoms with E-state index in [1.54, 1.807) is 19.1 Å². The maximum Gasteiger partial charge on any atom is 0.338 e. The summed E-state index contributed by atoms with van der Waals surface area (Å²) in [4.78, 5) is 27.6. The Morgan fingerprint density at radius 1 is 0.933 bits per heavy atom. The molecule has 4 aromatic rings. The number of benzene rings is 3. The number of ether oxygens (including phenoxy) is 1. The van der Waals surface area contributed by atoms with E-state index in [1.807, 2.05) is 60.7 Å². The van der Waals surface area contributed by atoms with Crippen LogP contribution in [0.4, 0.5) is 11.5 Å². The molecule has 0 bridgehead atoms. The third-order valence-corrected chi connectivity index (χ3v) is 4.83. The lowest BCUT2D eigenvalue weighted by Gasteiger charge is -2.08. The molecule has 0 unspecified atom stereocenters. The van der Waals surface area contributed by atoms with Gasteiger partial charge < -0.3 is 20.8 Å². The predicted octanol–water partition coefficient (Wildman–Crippen LogP) is 4.85. The van der Waals surface area contributed by atoms with E-state index in [1.165, 1.54) is 0 Å². The smallest absolute Gasteiger partial charge is 0.338 e. The summed E-state index contributed by atoms with van der Waals surface area (Å²) in [6.45, 7) is 2.12. The van der Waals surface area contributed by atoms with Crippen molar-refractivity contribution in [2.24, 2.45) is 0 Å². The van der Waals surface area contributed by atoms with Crippen LogP contribution in [0.2, 0.25) is 0 Å². The lowest BCUT2D eigenvalue weighted by molar-refractivity contribution is 0.0526. The van der Waals surface area contributed by atoms with Gasteiger partial charge in [-0.05, 0) is 48.4 Å². The first-order valence-corrected chi connectivity index (χ1v) is 9.62. The highest BCUT2D eigenvalue weighted by Crippen LogP contribution is 2.26. The number of amides is 1. The van der Waals surface area contributed by atoms with Gasteiger partial charge in [-0.1, -0.05) is 42.5 Å². The Morgan fingerprint density at radius 3 is 2.23 bits per heavy atom. The van der Waals surface area contributed by atoms with Crippen LogP contribution >= 0.6 is 0 Å². The molecular formula is C24H21N3O3. The van der Waals surface area contributed by atoms with Crippen LogP contribution in [0.5, 0.6) is 0 Å². The number of nitrogens with one attached hydrogen (secondary N) is 2. The molecule has 1 heterocycles. The van der Waals surface area contributed by atoms with Crippen molar-refractivity contribution in [2.75, 3.05) is 17.7 Å². The van der Waals surface area contributed by atoms with Crippen molar-refractivity contribution in [1.82, 2.24) is 4.98 Å². The number of carbonyl (C=O) groups excluding carboxylic acids is 2. The lowest BCUT2D eigenvalue weighted by Crippen LogP contribution is -2.13. The highest BCUT2D eigenvalue weighted by molar-refractivity contribution is 6.16. The van der Waals surface area contributed by atoms with Crippen molar-refractivity contribution < 1.29 is 14.3 Å².